The fraction of sp³-hybridized carbons (Fsp3) is 0.500. The van der Waals surface area contributed by atoms with E-state index in [4.69, 9.17) is 15.0 Å². The van der Waals surface area contributed by atoms with Gasteiger partial charge in [-0.15, -0.1) is 0 Å². The van der Waals surface area contributed by atoms with E-state index in [2.05, 4.69) is 15.2 Å². The van der Waals surface area contributed by atoms with Crippen molar-refractivity contribution in [1.82, 2.24) is 15.2 Å². The molecule has 0 saturated carbocycles. The van der Waals surface area contributed by atoms with Crippen LogP contribution in [0.5, 0.6) is 5.88 Å². The molecule has 2 heterocycles. The topological polar surface area (TPSA) is 163 Å². The summed E-state index contributed by atoms with van der Waals surface area (Å²) in [6.07, 6.45) is 5.41. The highest BCUT2D eigenvalue weighted by atomic mass is 32.2. The molecule has 0 radical (unpaired) electrons. The Morgan fingerprint density at radius 2 is 1.94 bits per heavy atom. The molecule has 0 unspecified atom stereocenters. The van der Waals surface area contributed by atoms with E-state index >= 15 is 0 Å². The van der Waals surface area contributed by atoms with Gasteiger partial charge < -0.3 is 25.0 Å². The molecule has 0 amide bonds. The Bertz CT molecular complexity index is 1060. The lowest BCUT2D eigenvalue weighted by molar-refractivity contribution is -0.144. The highest BCUT2D eigenvalue weighted by molar-refractivity contribution is 7.89. The molecular weight excluding hydrogens is 464 g/mol. The second-order valence-electron chi connectivity index (χ2n) is 8.36. The molecule has 0 spiro atoms. The molecule has 1 aromatic heterocycles. The lowest BCUT2D eigenvalue weighted by Gasteiger charge is -2.22. The third kappa shape index (κ3) is 7.35. The van der Waals surface area contributed by atoms with Crippen LogP contribution in [-0.4, -0.2) is 50.9 Å². The number of carbonyl (C=O) groups excluding carboxylic acids is 2. The predicted molar refractivity (Wildman–Crippen MR) is 121 cm³/mol. The first-order chi connectivity index (χ1) is 16.2. The monoisotopic (exact) mass is 494 g/mol. The van der Waals surface area contributed by atoms with Gasteiger partial charge in [0.25, 0.3) is 5.88 Å². The molecule has 2 aromatic rings. The summed E-state index contributed by atoms with van der Waals surface area (Å²) in [6.45, 7) is 3.63. The first kappa shape index (κ1) is 25.8. The number of nitrogens with one attached hydrogen (secondary N) is 2. The van der Waals surface area contributed by atoms with E-state index in [0.29, 0.717) is 6.61 Å². The highest BCUT2D eigenvalue weighted by Crippen LogP contribution is 2.19. The quantitative estimate of drug-likeness (QED) is 0.181. The summed E-state index contributed by atoms with van der Waals surface area (Å²) < 4.78 is 41.9. The van der Waals surface area contributed by atoms with Gasteiger partial charge in [-0.2, -0.15) is 4.72 Å². The van der Waals surface area contributed by atoms with Gasteiger partial charge in [0.05, 0.1) is 17.6 Å². The van der Waals surface area contributed by atoms with Crippen molar-refractivity contribution >= 4 is 22.0 Å². The summed E-state index contributed by atoms with van der Waals surface area (Å²) in [7, 11) is -4.13. The highest BCUT2D eigenvalue weighted by Gasteiger charge is 2.37. The van der Waals surface area contributed by atoms with Crippen molar-refractivity contribution < 1.29 is 32.0 Å². The molecule has 0 bridgehead atoms. The molecule has 1 aromatic carbocycles. The van der Waals surface area contributed by atoms with Crippen molar-refractivity contribution in [2.45, 2.75) is 49.6 Å². The van der Waals surface area contributed by atoms with Crippen molar-refractivity contribution in [2.75, 3.05) is 19.7 Å². The maximum absolute atomic E-state index is 12.4. The largest absolute Gasteiger partial charge is 0.475 e. The van der Waals surface area contributed by atoms with Crippen LogP contribution >= 0.6 is 0 Å². The zero-order chi connectivity index (χ0) is 24.6. The van der Waals surface area contributed by atoms with Crippen LogP contribution in [0, 0.1) is 5.92 Å². The van der Waals surface area contributed by atoms with Gasteiger partial charge in [-0.3, -0.25) is 0 Å². The van der Waals surface area contributed by atoms with E-state index in [1.165, 1.54) is 43.2 Å². The van der Waals surface area contributed by atoms with Gasteiger partial charge in [0.15, 0.2) is 5.66 Å². The number of benzene rings is 1. The fourth-order valence-electron chi connectivity index (χ4n) is 3.53. The normalized spacial score (nSPS) is 16.5. The minimum atomic E-state index is -4.13. The summed E-state index contributed by atoms with van der Waals surface area (Å²) in [5, 5.41) is 6.98. The maximum atomic E-state index is 12.4. The van der Waals surface area contributed by atoms with Gasteiger partial charge in [-0.25, -0.2) is 18.0 Å². The molecule has 1 fully saturated rings. The van der Waals surface area contributed by atoms with Gasteiger partial charge in [0.2, 0.25) is 15.8 Å². The molecule has 186 valence electrons. The van der Waals surface area contributed by atoms with E-state index < -0.39 is 27.6 Å². The van der Waals surface area contributed by atoms with Crippen molar-refractivity contribution in [2.24, 2.45) is 11.7 Å². The van der Waals surface area contributed by atoms with Crippen LogP contribution in [-0.2, 0) is 19.6 Å². The number of carbonyl (C=O) groups is 2. The van der Waals surface area contributed by atoms with Crippen LogP contribution < -0.4 is 20.5 Å². The van der Waals surface area contributed by atoms with Crippen LogP contribution in [0.1, 0.15) is 49.6 Å². The molecule has 12 heteroatoms. The van der Waals surface area contributed by atoms with Gasteiger partial charge in [-0.1, -0.05) is 24.6 Å². The molecule has 4 N–H and O–H groups in total. The second-order valence-corrected chi connectivity index (χ2v) is 10.0. The van der Waals surface area contributed by atoms with Crippen molar-refractivity contribution in [3.05, 3.63) is 42.2 Å². The summed E-state index contributed by atoms with van der Waals surface area (Å²) in [5.74, 6) is -2.03. The van der Waals surface area contributed by atoms with Crippen LogP contribution in [0.2, 0.25) is 0 Å². The Labute approximate surface area is 198 Å². The molecule has 3 rings (SSSR count). The molecular formula is C22H30N4O7S. The predicted octanol–water partition coefficient (Wildman–Crippen LogP) is 1.56. The number of hydrogen-bond donors (Lipinski definition) is 3. The number of esters is 2. The van der Waals surface area contributed by atoms with Gasteiger partial charge >= 0.3 is 11.9 Å². The molecule has 1 saturated heterocycles. The number of nitrogens with two attached hydrogens (primary N) is 1. The number of aromatic nitrogens is 1. The molecule has 11 nitrogen and oxygen atoms in total. The maximum Gasteiger partial charge on any atom is 0.385 e. The van der Waals surface area contributed by atoms with E-state index in [1.54, 1.807) is 6.07 Å². The molecule has 0 aliphatic carbocycles. The number of hydrogen-bond acceptors (Lipinski definition) is 10. The Kier molecular flexibility index (Phi) is 8.78. The first-order valence-electron chi connectivity index (χ1n) is 11.1. The van der Waals surface area contributed by atoms with Crippen LogP contribution in [0.4, 0.5) is 0 Å². The van der Waals surface area contributed by atoms with Crippen LogP contribution in [0.3, 0.4) is 0 Å². The SMILES string of the molecule is C[C@](N)(NS(=O)(=O)c1ccccc1)C(=O)OC(=O)c1cc(OCCCCC2CCNCC2)no1. The Morgan fingerprint density at radius 1 is 1.24 bits per heavy atom. The minimum absolute atomic E-state index is 0.0848. The van der Waals surface area contributed by atoms with Gasteiger partial charge in [-0.05, 0) is 68.9 Å². The third-order valence-electron chi connectivity index (χ3n) is 5.41. The first-order valence-corrected chi connectivity index (χ1v) is 12.6. The summed E-state index contributed by atoms with van der Waals surface area (Å²) in [6, 6.07) is 8.53. The van der Waals surface area contributed by atoms with E-state index in [9.17, 15) is 18.0 Å². The molecule has 1 atom stereocenters. The second kappa shape index (κ2) is 11.6. The standard InChI is InChI=1S/C22H30N4O7S/c1-22(23,26-34(29,30)17-8-3-2-4-9-17)21(28)32-20(27)18-15-19(25-33-18)31-14-6-5-7-16-10-12-24-13-11-16/h2-4,8-9,15-16,24,26H,5-7,10-14,23H2,1H3/t22-/m0/s1. The van der Waals surface area contributed by atoms with E-state index in [-0.39, 0.29) is 16.5 Å². The summed E-state index contributed by atoms with van der Waals surface area (Å²) in [4.78, 5) is 24.5. The fourth-order valence-corrected chi connectivity index (χ4v) is 4.80. The zero-order valence-corrected chi connectivity index (χ0v) is 19.8. The number of sulfonamides is 1. The zero-order valence-electron chi connectivity index (χ0n) is 19.0. The lowest BCUT2D eigenvalue weighted by Crippen LogP contribution is -2.60. The number of piperidine rings is 1. The smallest absolute Gasteiger partial charge is 0.385 e. The summed E-state index contributed by atoms with van der Waals surface area (Å²) in [5.41, 5.74) is 3.56. The van der Waals surface area contributed by atoms with E-state index in [1.807, 2.05) is 4.72 Å². The molecule has 1 aliphatic heterocycles. The van der Waals surface area contributed by atoms with Crippen molar-refractivity contribution in [1.29, 1.82) is 0 Å². The number of nitrogens with zero attached hydrogens (tertiary/aromatic N) is 1. The lowest BCUT2D eigenvalue weighted by atomic mass is 9.93. The van der Waals surface area contributed by atoms with Crippen molar-refractivity contribution in [3.63, 3.8) is 0 Å². The van der Waals surface area contributed by atoms with Crippen molar-refractivity contribution in [3.8, 4) is 5.88 Å². The molecule has 34 heavy (non-hydrogen) atoms. The average Bonchev–Trinajstić information content (AvgIpc) is 3.28. The summed E-state index contributed by atoms with van der Waals surface area (Å²) >= 11 is 0. The van der Waals surface area contributed by atoms with Crippen LogP contribution in [0.15, 0.2) is 45.8 Å². The average molecular weight is 495 g/mol. The minimum Gasteiger partial charge on any atom is -0.475 e. The Morgan fingerprint density at radius 3 is 2.65 bits per heavy atom. The Balaban J connectivity index is 1.45. The number of unbranched alkanes of at least 4 members (excludes halogenated alkanes) is 1. The molecule has 1 aliphatic rings. The van der Waals surface area contributed by atoms with Gasteiger partial charge in [0.1, 0.15) is 0 Å². The number of rotatable bonds is 11. The number of ether oxygens (including phenoxy) is 2. The van der Waals surface area contributed by atoms with Gasteiger partial charge in [0, 0.05) is 0 Å². The van der Waals surface area contributed by atoms with E-state index in [0.717, 1.165) is 45.2 Å². The Hall–Kier alpha value is -2.80. The third-order valence-corrected chi connectivity index (χ3v) is 7.00. The van der Waals surface area contributed by atoms with Crippen LogP contribution in [0.25, 0.3) is 0 Å².